The lowest BCUT2D eigenvalue weighted by molar-refractivity contribution is -0.0127. The van der Waals surface area contributed by atoms with Crippen LogP contribution in [0, 0.1) is 0 Å². The summed E-state index contributed by atoms with van der Waals surface area (Å²) in [5.41, 5.74) is -0.287. The first-order valence-electron chi connectivity index (χ1n) is 4.57. The molecule has 1 aromatic rings. The molecule has 0 fully saturated rings. The number of hydrogen-bond donors (Lipinski definition) is 0. The second-order valence-corrected chi connectivity index (χ2v) is 3.26. The minimum atomic E-state index is -0.287. The Morgan fingerprint density at radius 2 is 2.50 bits per heavy atom. The van der Waals surface area contributed by atoms with Crippen molar-refractivity contribution in [1.82, 2.24) is 9.55 Å². The van der Waals surface area contributed by atoms with Gasteiger partial charge < -0.3 is 9.47 Å². The maximum atomic E-state index is 11.0. The molecule has 1 aliphatic rings. The number of fused-ring (bicyclic) bond motifs is 1. The third-order valence-corrected chi connectivity index (χ3v) is 2.10. The molecule has 0 amide bonds. The molecule has 2 heterocycles. The Labute approximate surface area is 81.3 Å². The average molecular weight is 196 g/mol. The summed E-state index contributed by atoms with van der Waals surface area (Å²) in [6.07, 6.45) is 2.61. The first-order chi connectivity index (χ1) is 6.75. The molecule has 0 bridgehead atoms. The van der Waals surface area contributed by atoms with E-state index in [9.17, 15) is 4.79 Å². The van der Waals surface area contributed by atoms with Crippen LogP contribution in [0.15, 0.2) is 17.1 Å². The van der Waals surface area contributed by atoms with Crippen molar-refractivity contribution < 1.29 is 9.47 Å². The maximum Gasteiger partial charge on any atom is 0.301 e. The molecule has 0 saturated heterocycles. The molecule has 0 N–H and O–H groups in total. The Hall–Kier alpha value is -1.36. The Morgan fingerprint density at radius 3 is 3.36 bits per heavy atom. The quantitative estimate of drug-likeness (QED) is 0.602. The fraction of sp³-hybridized carbons (Fsp3) is 0.556. The molecule has 5 nitrogen and oxygen atoms in total. The van der Waals surface area contributed by atoms with Gasteiger partial charge in [-0.15, -0.1) is 0 Å². The summed E-state index contributed by atoms with van der Waals surface area (Å²) in [6, 6.07) is 1.73. The number of aromatic nitrogens is 2. The van der Waals surface area contributed by atoms with E-state index in [4.69, 9.17) is 9.47 Å². The van der Waals surface area contributed by atoms with Crippen molar-refractivity contribution in [3.05, 3.63) is 22.6 Å². The molecule has 0 spiro atoms. The third-order valence-electron chi connectivity index (χ3n) is 2.10. The third kappa shape index (κ3) is 1.93. The van der Waals surface area contributed by atoms with Crippen LogP contribution >= 0.6 is 0 Å². The minimum Gasteiger partial charge on any atom is -0.464 e. The van der Waals surface area contributed by atoms with Crippen LogP contribution in [-0.4, -0.2) is 22.3 Å². The zero-order valence-corrected chi connectivity index (χ0v) is 7.97. The van der Waals surface area contributed by atoms with Gasteiger partial charge in [0.15, 0.2) is 0 Å². The summed E-state index contributed by atoms with van der Waals surface area (Å²) in [4.78, 5) is 14.7. The van der Waals surface area contributed by atoms with Gasteiger partial charge in [0, 0.05) is 18.7 Å². The van der Waals surface area contributed by atoms with Crippen LogP contribution in [0.3, 0.4) is 0 Å². The number of rotatable bonds is 0. The van der Waals surface area contributed by atoms with Gasteiger partial charge >= 0.3 is 6.01 Å². The predicted molar refractivity (Wildman–Crippen MR) is 49.2 cm³/mol. The zero-order valence-electron chi connectivity index (χ0n) is 7.97. The SMILES string of the molecule is CC1CCOc2nc(=O)ccn2CO1. The first-order valence-corrected chi connectivity index (χ1v) is 4.57. The molecule has 0 saturated carbocycles. The van der Waals surface area contributed by atoms with Crippen molar-refractivity contribution >= 4 is 0 Å². The van der Waals surface area contributed by atoms with Crippen LogP contribution in [0.5, 0.6) is 6.01 Å². The van der Waals surface area contributed by atoms with E-state index in [1.807, 2.05) is 6.92 Å². The average Bonchev–Trinajstić information content (AvgIpc) is 2.13. The minimum absolute atomic E-state index is 0.169. The molecular weight excluding hydrogens is 184 g/mol. The second kappa shape index (κ2) is 3.79. The molecule has 1 aromatic heterocycles. The summed E-state index contributed by atoms with van der Waals surface area (Å²) in [5, 5.41) is 0. The van der Waals surface area contributed by atoms with E-state index < -0.39 is 0 Å². The molecule has 0 radical (unpaired) electrons. The Bertz CT molecular complexity index is 375. The van der Waals surface area contributed by atoms with Crippen molar-refractivity contribution in [3.8, 4) is 6.01 Å². The maximum absolute atomic E-state index is 11.0. The summed E-state index contributed by atoms with van der Waals surface area (Å²) < 4.78 is 12.5. The summed E-state index contributed by atoms with van der Waals surface area (Å²) >= 11 is 0. The van der Waals surface area contributed by atoms with Crippen LogP contribution in [-0.2, 0) is 11.5 Å². The van der Waals surface area contributed by atoms with Gasteiger partial charge in [0.1, 0.15) is 6.73 Å². The van der Waals surface area contributed by atoms with E-state index >= 15 is 0 Å². The van der Waals surface area contributed by atoms with Gasteiger partial charge in [0.25, 0.3) is 5.56 Å². The van der Waals surface area contributed by atoms with Crippen molar-refractivity contribution in [3.63, 3.8) is 0 Å². The lowest BCUT2D eigenvalue weighted by atomic mass is 10.3. The molecule has 14 heavy (non-hydrogen) atoms. The summed E-state index contributed by atoms with van der Waals surface area (Å²) in [5.74, 6) is 0. The van der Waals surface area contributed by atoms with Gasteiger partial charge in [-0.1, -0.05) is 0 Å². The lowest BCUT2D eigenvalue weighted by Crippen LogP contribution is -2.23. The van der Waals surface area contributed by atoms with Gasteiger partial charge in [-0.25, -0.2) is 0 Å². The smallest absolute Gasteiger partial charge is 0.301 e. The number of nitrogens with zero attached hydrogens (tertiary/aromatic N) is 2. The first kappa shape index (κ1) is 9.21. The zero-order chi connectivity index (χ0) is 9.97. The van der Waals surface area contributed by atoms with Crippen LogP contribution in [0.1, 0.15) is 13.3 Å². The molecule has 2 rings (SSSR count). The number of ether oxygens (including phenoxy) is 2. The van der Waals surface area contributed by atoms with Gasteiger partial charge in [-0.2, -0.15) is 4.98 Å². The predicted octanol–water partition coefficient (Wildman–Crippen LogP) is 0.388. The van der Waals surface area contributed by atoms with Crippen LogP contribution < -0.4 is 10.3 Å². The van der Waals surface area contributed by atoms with Crippen molar-refractivity contribution in [2.24, 2.45) is 0 Å². The number of hydrogen-bond acceptors (Lipinski definition) is 4. The van der Waals surface area contributed by atoms with E-state index in [0.717, 1.165) is 6.42 Å². The fourth-order valence-electron chi connectivity index (χ4n) is 1.23. The molecule has 1 aliphatic heterocycles. The Morgan fingerprint density at radius 1 is 1.64 bits per heavy atom. The monoisotopic (exact) mass is 196 g/mol. The lowest BCUT2D eigenvalue weighted by Gasteiger charge is -2.20. The molecule has 1 atom stereocenters. The highest BCUT2D eigenvalue weighted by molar-refractivity contribution is 4.98. The van der Waals surface area contributed by atoms with Crippen molar-refractivity contribution in [2.75, 3.05) is 6.61 Å². The normalized spacial score (nSPS) is 21.6. The van der Waals surface area contributed by atoms with E-state index in [0.29, 0.717) is 19.3 Å². The van der Waals surface area contributed by atoms with E-state index in [1.54, 1.807) is 10.8 Å². The summed E-state index contributed by atoms with van der Waals surface area (Å²) in [7, 11) is 0. The highest BCUT2D eigenvalue weighted by Crippen LogP contribution is 2.10. The van der Waals surface area contributed by atoms with Crippen LogP contribution in [0.25, 0.3) is 0 Å². The largest absolute Gasteiger partial charge is 0.464 e. The second-order valence-electron chi connectivity index (χ2n) is 3.26. The topological polar surface area (TPSA) is 53.3 Å². The highest BCUT2D eigenvalue weighted by atomic mass is 16.5. The van der Waals surface area contributed by atoms with Gasteiger partial charge in [0.2, 0.25) is 0 Å². The van der Waals surface area contributed by atoms with Gasteiger partial charge in [0.05, 0.1) is 12.7 Å². The van der Waals surface area contributed by atoms with Gasteiger partial charge in [-0.05, 0) is 6.92 Å². The van der Waals surface area contributed by atoms with E-state index in [1.165, 1.54) is 6.07 Å². The molecule has 0 aliphatic carbocycles. The molecule has 76 valence electrons. The van der Waals surface area contributed by atoms with Crippen LogP contribution in [0.4, 0.5) is 0 Å². The van der Waals surface area contributed by atoms with Crippen molar-refractivity contribution in [1.29, 1.82) is 0 Å². The van der Waals surface area contributed by atoms with E-state index in [-0.39, 0.29) is 11.7 Å². The standard InChI is InChI=1S/C9H12N2O3/c1-7-3-5-13-9-10-8(12)2-4-11(9)6-14-7/h2,4,7H,3,5-6H2,1H3. The molecule has 0 aromatic carbocycles. The Balaban J connectivity index is 2.28. The van der Waals surface area contributed by atoms with E-state index in [2.05, 4.69) is 4.98 Å². The highest BCUT2D eigenvalue weighted by Gasteiger charge is 2.11. The molecule has 1 unspecified atom stereocenters. The Kier molecular flexibility index (Phi) is 2.49. The van der Waals surface area contributed by atoms with Crippen molar-refractivity contribution in [2.45, 2.75) is 26.2 Å². The van der Waals surface area contributed by atoms with Crippen LogP contribution in [0.2, 0.25) is 0 Å². The molecular formula is C9H12N2O3. The van der Waals surface area contributed by atoms with Gasteiger partial charge in [-0.3, -0.25) is 9.36 Å². The fourth-order valence-corrected chi connectivity index (χ4v) is 1.23. The summed E-state index contributed by atoms with van der Waals surface area (Å²) in [6.45, 7) is 2.89. The molecule has 5 heteroatoms.